The van der Waals surface area contributed by atoms with Crippen molar-refractivity contribution in [3.8, 4) is 0 Å². The molecular weight excluding hydrogens is 537 g/mol. The van der Waals surface area contributed by atoms with E-state index in [2.05, 4.69) is 25.7 Å². The first-order valence-electron chi connectivity index (χ1n) is 19.6. The Morgan fingerprint density at radius 2 is 0.698 bits per heavy atom. The van der Waals surface area contributed by atoms with E-state index in [1.54, 1.807) is 0 Å². The number of carbonyl (C=O) groups is 1. The zero-order chi connectivity index (χ0) is 30.8. The summed E-state index contributed by atoms with van der Waals surface area (Å²) in [5, 5.41) is 11.0. The van der Waals surface area contributed by atoms with Crippen molar-refractivity contribution in [2.45, 2.75) is 232 Å². The number of nitrogens with zero attached hydrogens (tertiary/aromatic N) is 1. The van der Waals surface area contributed by atoms with Crippen LogP contribution < -0.4 is 34.7 Å². The molecule has 0 heterocycles. The number of carboxylic acid groups (broad SMARTS) is 1. The van der Waals surface area contributed by atoms with Gasteiger partial charge >= 0.3 is 29.6 Å². The molecule has 0 rings (SSSR count). The number of carbonyl (C=O) groups excluding carboxylic acids is 1. The zero-order valence-corrected chi connectivity index (χ0v) is 32.4. The molecule has 0 radical (unpaired) electrons. The second-order valence-corrected chi connectivity index (χ2v) is 13.7. The van der Waals surface area contributed by atoms with Gasteiger partial charge in [0.2, 0.25) is 0 Å². The Balaban J connectivity index is 0. The predicted molar refractivity (Wildman–Crippen MR) is 185 cm³/mol. The SMILES string of the molecule is CCCCCCCCCCCCCCCCCN(CCCCCCCCCCCCCCCCC)C(C)CCC(=O)[O-].[Na+]. The van der Waals surface area contributed by atoms with Crippen LogP contribution in [0.1, 0.15) is 226 Å². The van der Waals surface area contributed by atoms with E-state index in [1.807, 2.05) is 0 Å². The molecule has 0 fully saturated rings. The second-order valence-electron chi connectivity index (χ2n) is 13.7. The third-order valence-corrected chi connectivity index (χ3v) is 9.49. The van der Waals surface area contributed by atoms with Crippen LogP contribution >= 0.6 is 0 Å². The molecule has 1 unspecified atom stereocenters. The first-order chi connectivity index (χ1) is 20.6. The largest absolute Gasteiger partial charge is 1.00 e. The molecule has 0 bridgehead atoms. The van der Waals surface area contributed by atoms with Gasteiger partial charge in [0.1, 0.15) is 0 Å². The fourth-order valence-electron chi connectivity index (χ4n) is 6.43. The van der Waals surface area contributed by atoms with Gasteiger partial charge in [0, 0.05) is 12.0 Å². The third-order valence-electron chi connectivity index (χ3n) is 9.49. The molecule has 0 saturated carbocycles. The summed E-state index contributed by atoms with van der Waals surface area (Å²) in [5.41, 5.74) is 0. The maximum absolute atomic E-state index is 11.0. The number of carboxylic acids is 1. The number of hydrogen-bond acceptors (Lipinski definition) is 3. The quantitative estimate of drug-likeness (QED) is 0.0522. The van der Waals surface area contributed by atoms with E-state index in [4.69, 9.17) is 0 Å². The first kappa shape index (κ1) is 45.6. The van der Waals surface area contributed by atoms with E-state index in [9.17, 15) is 9.90 Å². The maximum atomic E-state index is 11.0. The molecule has 0 amide bonds. The summed E-state index contributed by atoms with van der Waals surface area (Å²) in [7, 11) is 0. The Bertz CT molecular complexity index is 495. The van der Waals surface area contributed by atoms with E-state index in [-0.39, 0.29) is 36.0 Å². The van der Waals surface area contributed by atoms with Gasteiger partial charge in [-0.05, 0) is 45.7 Å². The van der Waals surface area contributed by atoms with Crippen molar-refractivity contribution in [2.75, 3.05) is 13.1 Å². The van der Waals surface area contributed by atoms with E-state index in [0.717, 1.165) is 19.5 Å². The molecule has 0 aliphatic heterocycles. The van der Waals surface area contributed by atoms with Crippen molar-refractivity contribution < 1.29 is 39.5 Å². The average molecular weight is 616 g/mol. The number of unbranched alkanes of at least 4 members (excludes halogenated alkanes) is 28. The Morgan fingerprint density at radius 3 is 0.930 bits per heavy atom. The van der Waals surface area contributed by atoms with Crippen LogP contribution in [0, 0.1) is 0 Å². The van der Waals surface area contributed by atoms with Crippen molar-refractivity contribution >= 4 is 5.97 Å². The van der Waals surface area contributed by atoms with Gasteiger partial charge in [-0.1, -0.05) is 194 Å². The van der Waals surface area contributed by atoms with Crippen LogP contribution in [0.25, 0.3) is 0 Å². The van der Waals surface area contributed by atoms with Crippen LogP contribution in [0.2, 0.25) is 0 Å². The second kappa shape index (κ2) is 38.6. The number of rotatable bonds is 36. The van der Waals surface area contributed by atoms with Crippen molar-refractivity contribution in [3.63, 3.8) is 0 Å². The fraction of sp³-hybridized carbons (Fsp3) is 0.974. The summed E-state index contributed by atoms with van der Waals surface area (Å²) in [6.07, 6.45) is 42.9. The summed E-state index contributed by atoms with van der Waals surface area (Å²) < 4.78 is 0. The van der Waals surface area contributed by atoms with Gasteiger partial charge in [-0.3, -0.25) is 0 Å². The molecule has 0 aromatic carbocycles. The first-order valence-corrected chi connectivity index (χ1v) is 19.6. The Labute approximate surface area is 294 Å². The molecule has 0 aromatic rings. The number of hydrogen-bond donors (Lipinski definition) is 0. The Hall–Kier alpha value is 0.430. The van der Waals surface area contributed by atoms with Crippen molar-refractivity contribution in [2.24, 2.45) is 0 Å². The van der Waals surface area contributed by atoms with E-state index in [1.165, 1.54) is 193 Å². The molecule has 0 spiro atoms. The standard InChI is InChI=1S/C39H79NO2.Na/c1-4-6-8-10-12-14-16-18-20-22-24-26-28-30-32-36-40(38(3)34-35-39(41)42)37-33-31-29-27-25-23-21-19-17-15-13-11-9-7-5-2;/h38H,4-37H2,1-3H3,(H,41,42);/q;+1/p-1. The van der Waals surface area contributed by atoms with Crippen LogP contribution in [-0.4, -0.2) is 30.0 Å². The zero-order valence-electron chi connectivity index (χ0n) is 30.4. The molecule has 1 atom stereocenters. The molecule has 3 nitrogen and oxygen atoms in total. The Kier molecular flexibility index (Phi) is 40.9. The predicted octanol–water partition coefficient (Wildman–Crippen LogP) is 8.95. The van der Waals surface area contributed by atoms with Crippen LogP contribution in [0.4, 0.5) is 0 Å². The summed E-state index contributed by atoms with van der Waals surface area (Å²) in [5.74, 6) is -0.902. The van der Waals surface area contributed by atoms with Gasteiger partial charge < -0.3 is 14.8 Å². The van der Waals surface area contributed by atoms with E-state index in [0.29, 0.717) is 6.04 Å². The molecule has 43 heavy (non-hydrogen) atoms. The maximum Gasteiger partial charge on any atom is 1.00 e. The molecule has 0 aliphatic rings. The fourth-order valence-corrected chi connectivity index (χ4v) is 6.43. The molecule has 252 valence electrons. The summed E-state index contributed by atoms with van der Waals surface area (Å²) in [6.45, 7) is 9.07. The monoisotopic (exact) mass is 616 g/mol. The van der Waals surface area contributed by atoms with Gasteiger partial charge in [-0.2, -0.15) is 0 Å². The summed E-state index contributed by atoms with van der Waals surface area (Å²) >= 11 is 0. The smallest absolute Gasteiger partial charge is 0.550 e. The van der Waals surface area contributed by atoms with Crippen LogP contribution in [0.5, 0.6) is 0 Å². The number of aliphatic carboxylic acids is 1. The molecule has 0 aromatic heterocycles. The minimum atomic E-state index is -0.902. The van der Waals surface area contributed by atoms with Crippen LogP contribution in [0.15, 0.2) is 0 Å². The van der Waals surface area contributed by atoms with E-state index >= 15 is 0 Å². The van der Waals surface area contributed by atoms with Gasteiger partial charge in [-0.15, -0.1) is 0 Å². The van der Waals surface area contributed by atoms with Crippen LogP contribution in [-0.2, 0) is 4.79 Å². The van der Waals surface area contributed by atoms with Crippen molar-refractivity contribution in [3.05, 3.63) is 0 Å². The third kappa shape index (κ3) is 36.8. The minimum absolute atomic E-state index is 0. The average Bonchev–Trinajstić information content (AvgIpc) is 2.98. The van der Waals surface area contributed by atoms with Gasteiger partial charge in [-0.25, -0.2) is 0 Å². The molecule has 0 N–H and O–H groups in total. The van der Waals surface area contributed by atoms with Gasteiger partial charge in [0.05, 0.1) is 0 Å². The Morgan fingerprint density at radius 1 is 0.465 bits per heavy atom. The molecular formula is C39H78NNaO2. The van der Waals surface area contributed by atoms with Crippen molar-refractivity contribution in [1.82, 2.24) is 4.90 Å². The van der Waals surface area contributed by atoms with Gasteiger partial charge in [0.15, 0.2) is 0 Å². The minimum Gasteiger partial charge on any atom is -0.550 e. The normalized spacial score (nSPS) is 12.1. The summed E-state index contributed by atoms with van der Waals surface area (Å²) in [6, 6.07) is 0.348. The topological polar surface area (TPSA) is 43.4 Å². The molecule has 4 heteroatoms. The van der Waals surface area contributed by atoms with Crippen LogP contribution in [0.3, 0.4) is 0 Å². The van der Waals surface area contributed by atoms with E-state index < -0.39 is 5.97 Å². The van der Waals surface area contributed by atoms with Crippen molar-refractivity contribution in [1.29, 1.82) is 0 Å². The molecule has 0 aliphatic carbocycles. The summed E-state index contributed by atoms with van der Waals surface area (Å²) in [4.78, 5) is 13.6. The molecule has 0 saturated heterocycles. The van der Waals surface area contributed by atoms with Gasteiger partial charge in [0.25, 0.3) is 0 Å².